The zero-order chi connectivity index (χ0) is 12.8. The predicted octanol–water partition coefficient (Wildman–Crippen LogP) is 1.89. The Kier molecular flexibility index (Phi) is 4.17. The van der Waals surface area contributed by atoms with Crippen molar-refractivity contribution < 1.29 is 4.74 Å². The molecule has 0 fully saturated rings. The fourth-order valence-electron chi connectivity index (χ4n) is 1.81. The van der Waals surface area contributed by atoms with Gasteiger partial charge in [-0.2, -0.15) is 0 Å². The molecule has 0 saturated carbocycles. The van der Waals surface area contributed by atoms with Crippen LogP contribution in [0.25, 0.3) is 0 Å². The highest BCUT2D eigenvalue weighted by Crippen LogP contribution is 2.10. The van der Waals surface area contributed by atoms with E-state index < -0.39 is 0 Å². The zero-order valence-corrected chi connectivity index (χ0v) is 10.5. The second kappa shape index (κ2) is 6.05. The number of aryl methyl sites for hydroxylation is 1. The van der Waals surface area contributed by atoms with Gasteiger partial charge >= 0.3 is 0 Å². The van der Waals surface area contributed by atoms with Gasteiger partial charge in [-0.3, -0.25) is 0 Å². The molecule has 18 heavy (non-hydrogen) atoms. The smallest absolute Gasteiger partial charge is 0.169 e. The second-order valence-corrected chi connectivity index (χ2v) is 4.01. The average molecular weight is 246 g/mol. The van der Waals surface area contributed by atoms with Crippen LogP contribution in [-0.2, 0) is 13.0 Å². The first-order valence-corrected chi connectivity index (χ1v) is 6.17. The predicted molar refractivity (Wildman–Crippen MR) is 70.4 cm³/mol. The van der Waals surface area contributed by atoms with Crippen LogP contribution in [0.2, 0.25) is 0 Å². The Labute approximate surface area is 107 Å². The van der Waals surface area contributed by atoms with Gasteiger partial charge < -0.3 is 10.5 Å². The highest BCUT2D eigenvalue weighted by Gasteiger charge is 2.07. The van der Waals surface area contributed by atoms with Crippen molar-refractivity contribution in [2.75, 3.05) is 12.3 Å². The Hall–Kier alpha value is -2.04. The van der Waals surface area contributed by atoms with Crippen molar-refractivity contribution in [1.82, 2.24) is 15.0 Å². The molecule has 2 N–H and O–H groups in total. The van der Waals surface area contributed by atoms with E-state index in [-0.39, 0.29) is 0 Å². The van der Waals surface area contributed by atoms with Crippen molar-refractivity contribution in [2.45, 2.75) is 26.3 Å². The van der Waals surface area contributed by atoms with Crippen molar-refractivity contribution >= 4 is 5.82 Å². The fraction of sp³-hybridized carbons (Fsp3) is 0.385. The molecule has 1 aromatic heterocycles. The molecule has 0 aliphatic rings. The number of benzene rings is 1. The molecular formula is C13H18N4O. The Morgan fingerprint density at radius 2 is 2.06 bits per heavy atom. The molecule has 1 aromatic carbocycles. The number of hydrogen-bond acceptors (Lipinski definition) is 4. The third kappa shape index (κ3) is 3.00. The van der Waals surface area contributed by atoms with Crippen molar-refractivity contribution in [3.8, 4) is 5.75 Å². The maximum Gasteiger partial charge on any atom is 0.169 e. The molecular weight excluding hydrogens is 228 g/mol. The molecule has 0 unspecified atom stereocenters. The fourth-order valence-corrected chi connectivity index (χ4v) is 1.81. The summed E-state index contributed by atoms with van der Waals surface area (Å²) in [5, 5.41) is 7.89. The molecule has 0 amide bonds. The number of rotatable bonds is 6. The van der Waals surface area contributed by atoms with E-state index in [1.165, 1.54) is 0 Å². The molecule has 0 aliphatic heterocycles. The molecule has 96 valence electrons. The Bertz CT molecular complexity index is 481. The van der Waals surface area contributed by atoms with E-state index in [1.54, 1.807) is 0 Å². The van der Waals surface area contributed by atoms with Gasteiger partial charge in [0.05, 0.1) is 12.3 Å². The molecule has 0 aliphatic carbocycles. The minimum atomic E-state index is 0.529. The summed E-state index contributed by atoms with van der Waals surface area (Å²) in [4.78, 5) is 0. The number of hydrogen-bond donors (Lipinski definition) is 1. The summed E-state index contributed by atoms with van der Waals surface area (Å²) in [6, 6.07) is 9.79. The quantitative estimate of drug-likeness (QED) is 0.790. The van der Waals surface area contributed by atoms with Crippen LogP contribution in [0.3, 0.4) is 0 Å². The highest BCUT2D eigenvalue weighted by atomic mass is 16.5. The van der Waals surface area contributed by atoms with E-state index in [1.807, 2.05) is 41.9 Å². The van der Waals surface area contributed by atoms with E-state index >= 15 is 0 Å². The molecule has 5 heteroatoms. The normalized spacial score (nSPS) is 10.5. The number of nitrogen functional groups attached to an aromatic ring is 1. The molecule has 5 nitrogen and oxygen atoms in total. The lowest BCUT2D eigenvalue weighted by Crippen LogP contribution is -2.09. The molecule has 0 spiro atoms. The molecule has 0 radical (unpaired) electrons. The number of anilines is 1. The highest BCUT2D eigenvalue weighted by molar-refractivity contribution is 5.32. The summed E-state index contributed by atoms with van der Waals surface area (Å²) in [6.45, 7) is 3.49. The van der Waals surface area contributed by atoms with Gasteiger partial charge in [-0.1, -0.05) is 30.3 Å². The van der Waals surface area contributed by atoms with Crippen molar-refractivity contribution in [2.24, 2.45) is 0 Å². The van der Waals surface area contributed by atoms with Crippen molar-refractivity contribution in [1.29, 1.82) is 0 Å². The summed E-state index contributed by atoms with van der Waals surface area (Å²) in [6.07, 6.45) is 1.73. The lowest BCUT2D eigenvalue weighted by Gasteiger charge is -2.07. The first kappa shape index (κ1) is 12.4. The summed E-state index contributed by atoms with van der Waals surface area (Å²) < 4.78 is 7.47. The van der Waals surface area contributed by atoms with Crippen LogP contribution in [0, 0.1) is 0 Å². The van der Waals surface area contributed by atoms with Gasteiger partial charge in [0.15, 0.2) is 5.82 Å². The van der Waals surface area contributed by atoms with E-state index in [9.17, 15) is 0 Å². The summed E-state index contributed by atoms with van der Waals surface area (Å²) >= 11 is 0. The zero-order valence-electron chi connectivity index (χ0n) is 10.5. The molecule has 0 atom stereocenters. The monoisotopic (exact) mass is 246 g/mol. The average Bonchev–Trinajstić information content (AvgIpc) is 2.76. The summed E-state index contributed by atoms with van der Waals surface area (Å²) in [5.41, 5.74) is 6.72. The van der Waals surface area contributed by atoms with Crippen LogP contribution in [0.5, 0.6) is 5.75 Å². The molecule has 1 heterocycles. The van der Waals surface area contributed by atoms with Gasteiger partial charge in [-0.15, -0.1) is 5.10 Å². The molecule has 0 saturated heterocycles. The van der Waals surface area contributed by atoms with E-state index in [4.69, 9.17) is 10.5 Å². The van der Waals surface area contributed by atoms with Crippen molar-refractivity contribution in [3.63, 3.8) is 0 Å². The topological polar surface area (TPSA) is 66.0 Å². The number of nitrogens with two attached hydrogens (primary N) is 1. The minimum Gasteiger partial charge on any atom is -0.494 e. The van der Waals surface area contributed by atoms with E-state index in [0.29, 0.717) is 12.4 Å². The van der Waals surface area contributed by atoms with Gasteiger partial charge in [0, 0.05) is 13.0 Å². The Balaban J connectivity index is 1.78. The number of ether oxygens (including phenoxy) is 1. The molecule has 2 aromatic rings. The van der Waals surface area contributed by atoms with E-state index in [0.717, 1.165) is 30.8 Å². The SMILES string of the molecule is CCc1c(N)nnn1CCCOc1ccccc1. The largest absolute Gasteiger partial charge is 0.494 e. The van der Waals surface area contributed by atoms with Gasteiger partial charge in [-0.25, -0.2) is 4.68 Å². The van der Waals surface area contributed by atoms with Gasteiger partial charge in [0.25, 0.3) is 0 Å². The summed E-state index contributed by atoms with van der Waals surface area (Å²) in [7, 11) is 0. The number of aromatic nitrogens is 3. The number of nitrogens with zero attached hydrogens (tertiary/aromatic N) is 3. The van der Waals surface area contributed by atoms with Gasteiger partial charge in [0.2, 0.25) is 0 Å². The lowest BCUT2D eigenvalue weighted by molar-refractivity contribution is 0.297. The van der Waals surface area contributed by atoms with Crippen LogP contribution < -0.4 is 10.5 Å². The maximum absolute atomic E-state index is 5.72. The molecule has 2 rings (SSSR count). The van der Waals surface area contributed by atoms with Crippen LogP contribution in [0.1, 0.15) is 19.0 Å². The van der Waals surface area contributed by atoms with Crippen LogP contribution >= 0.6 is 0 Å². The Morgan fingerprint density at radius 1 is 1.28 bits per heavy atom. The third-order valence-corrected chi connectivity index (χ3v) is 2.73. The van der Waals surface area contributed by atoms with Crippen molar-refractivity contribution in [3.05, 3.63) is 36.0 Å². The minimum absolute atomic E-state index is 0.529. The lowest BCUT2D eigenvalue weighted by atomic mass is 10.3. The maximum atomic E-state index is 5.72. The van der Waals surface area contributed by atoms with Crippen LogP contribution in [0.15, 0.2) is 30.3 Å². The summed E-state index contributed by atoms with van der Waals surface area (Å²) in [5.74, 6) is 1.42. The molecule has 0 bridgehead atoms. The first-order valence-electron chi connectivity index (χ1n) is 6.17. The Morgan fingerprint density at radius 3 is 2.78 bits per heavy atom. The van der Waals surface area contributed by atoms with Gasteiger partial charge in [0.1, 0.15) is 5.75 Å². The van der Waals surface area contributed by atoms with Crippen LogP contribution in [-0.4, -0.2) is 21.6 Å². The van der Waals surface area contributed by atoms with E-state index in [2.05, 4.69) is 10.3 Å². The van der Waals surface area contributed by atoms with Crippen LogP contribution in [0.4, 0.5) is 5.82 Å². The first-order chi connectivity index (χ1) is 8.81. The second-order valence-electron chi connectivity index (χ2n) is 4.01. The third-order valence-electron chi connectivity index (χ3n) is 2.73. The van der Waals surface area contributed by atoms with Gasteiger partial charge in [-0.05, 0) is 18.6 Å². The standard InChI is InChI=1S/C13H18N4O/c1-2-12-13(14)15-16-17(12)9-6-10-18-11-7-4-3-5-8-11/h3-5,7-8H,2,6,9-10,14H2,1H3. The number of para-hydroxylation sites is 1.